The quantitative estimate of drug-likeness (QED) is 0.916. The summed E-state index contributed by atoms with van der Waals surface area (Å²) in [5.41, 5.74) is 6.29. The van der Waals surface area contributed by atoms with Crippen molar-refractivity contribution in [1.29, 1.82) is 0 Å². The van der Waals surface area contributed by atoms with E-state index in [2.05, 4.69) is 4.98 Å². The Balaban J connectivity index is 2.24. The van der Waals surface area contributed by atoms with Gasteiger partial charge in [-0.3, -0.25) is 0 Å². The molecule has 1 unspecified atom stereocenters. The second-order valence-electron chi connectivity index (χ2n) is 3.37. The van der Waals surface area contributed by atoms with Gasteiger partial charge < -0.3 is 5.73 Å². The molecule has 0 radical (unpaired) electrons. The molecule has 16 heavy (non-hydrogen) atoms. The van der Waals surface area contributed by atoms with E-state index in [1.165, 1.54) is 17.4 Å². The molecule has 1 aromatic carbocycles. The van der Waals surface area contributed by atoms with E-state index in [1.54, 1.807) is 18.3 Å². The zero-order valence-electron chi connectivity index (χ0n) is 8.36. The molecule has 1 atom stereocenters. The number of nitrogens with zero attached hydrogens (tertiary/aromatic N) is 1. The van der Waals surface area contributed by atoms with Crippen LogP contribution in [0.2, 0.25) is 5.02 Å². The first-order valence-corrected chi connectivity index (χ1v) is 6.02. The highest BCUT2D eigenvalue weighted by Crippen LogP contribution is 2.27. The molecule has 0 aliphatic carbocycles. The molecule has 0 saturated heterocycles. The number of hydrogen-bond acceptors (Lipinski definition) is 3. The van der Waals surface area contributed by atoms with Crippen LogP contribution in [0.25, 0.3) is 0 Å². The number of rotatable bonds is 3. The third-order valence-corrected chi connectivity index (χ3v) is 3.38. The molecule has 0 aliphatic heterocycles. The molecule has 2 nitrogen and oxygen atoms in total. The summed E-state index contributed by atoms with van der Waals surface area (Å²) in [6, 6.07) is 4.11. The highest BCUT2D eigenvalue weighted by molar-refractivity contribution is 7.09. The number of nitrogens with two attached hydrogens (primary N) is 1. The van der Waals surface area contributed by atoms with Crippen molar-refractivity contribution < 1.29 is 4.39 Å². The van der Waals surface area contributed by atoms with Crippen molar-refractivity contribution in [3.63, 3.8) is 0 Å². The van der Waals surface area contributed by atoms with Crippen LogP contribution in [0.15, 0.2) is 29.8 Å². The second-order valence-corrected chi connectivity index (χ2v) is 4.76. The van der Waals surface area contributed by atoms with Gasteiger partial charge in [0.1, 0.15) is 5.82 Å². The van der Waals surface area contributed by atoms with Gasteiger partial charge in [-0.05, 0) is 12.1 Å². The van der Waals surface area contributed by atoms with Crippen molar-refractivity contribution in [1.82, 2.24) is 4.98 Å². The molecule has 0 spiro atoms. The Morgan fingerprint density at radius 3 is 2.94 bits per heavy atom. The number of benzene rings is 1. The number of thiazole rings is 1. The van der Waals surface area contributed by atoms with E-state index in [9.17, 15) is 4.39 Å². The minimum absolute atomic E-state index is 0.361. The molecule has 84 valence electrons. The predicted molar refractivity (Wildman–Crippen MR) is 64.2 cm³/mol. The molecule has 1 aromatic heterocycles. The molecule has 2 aromatic rings. The first kappa shape index (κ1) is 11.5. The van der Waals surface area contributed by atoms with Crippen LogP contribution in [0, 0.1) is 5.82 Å². The zero-order chi connectivity index (χ0) is 11.5. The fraction of sp³-hybridized carbons (Fsp3) is 0.182. The van der Waals surface area contributed by atoms with Crippen molar-refractivity contribution in [3.8, 4) is 0 Å². The fourth-order valence-electron chi connectivity index (χ4n) is 1.51. The van der Waals surface area contributed by atoms with Crippen molar-refractivity contribution in [3.05, 3.63) is 51.2 Å². The lowest BCUT2D eigenvalue weighted by atomic mass is 10.0. The Labute approximate surface area is 102 Å². The van der Waals surface area contributed by atoms with E-state index in [-0.39, 0.29) is 5.82 Å². The van der Waals surface area contributed by atoms with Gasteiger partial charge in [-0.1, -0.05) is 17.7 Å². The largest absolute Gasteiger partial charge is 0.323 e. The second kappa shape index (κ2) is 4.91. The molecule has 0 aliphatic rings. The maximum atomic E-state index is 13.5. The Kier molecular flexibility index (Phi) is 3.53. The standard InChI is InChI=1S/C11H10ClFN2S/c12-7-2-1-3-8(13)11(7)9(14)6-10-15-4-5-16-10/h1-5,9H,6,14H2. The van der Waals surface area contributed by atoms with Crippen LogP contribution >= 0.6 is 22.9 Å². The molecule has 2 rings (SSSR count). The van der Waals surface area contributed by atoms with Gasteiger partial charge in [0.25, 0.3) is 0 Å². The normalized spacial score (nSPS) is 12.7. The molecular weight excluding hydrogens is 247 g/mol. The van der Waals surface area contributed by atoms with E-state index in [0.717, 1.165) is 5.01 Å². The average molecular weight is 257 g/mol. The molecule has 5 heteroatoms. The van der Waals surface area contributed by atoms with Gasteiger partial charge in [-0.2, -0.15) is 0 Å². The summed E-state index contributed by atoms with van der Waals surface area (Å²) >= 11 is 7.43. The summed E-state index contributed by atoms with van der Waals surface area (Å²) in [5, 5.41) is 3.11. The number of halogens is 2. The van der Waals surface area contributed by atoms with Crippen molar-refractivity contribution in [2.75, 3.05) is 0 Å². The smallest absolute Gasteiger partial charge is 0.129 e. The lowest BCUT2D eigenvalue weighted by Gasteiger charge is -2.13. The van der Waals surface area contributed by atoms with Crippen LogP contribution < -0.4 is 5.73 Å². The molecule has 0 bridgehead atoms. The first-order valence-electron chi connectivity index (χ1n) is 4.76. The summed E-state index contributed by atoms with van der Waals surface area (Å²) in [6.07, 6.45) is 2.20. The summed E-state index contributed by atoms with van der Waals surface area (Å²) in [5.74, 6) is -0.364. The van der Waals surface area contributed by atoms with Gasteiger partial charge in [-0.15, -0.1) is 11.3 Å². The van der Waals surface area contributed by atoms with Gasteiger partial charge in [0.05, 0.1) is 5.01 Å². The van der Waals surface area contributed by atoms with Gasteiger partial charge in [0.15, 0.2) is 0 Å². The monoisotopic (exact) mass is 256 g/mol. The average Bonchev–Trinajstić information content (AvgIpc) is 2.70. The minimum atomic E-state index is -0.458. The maximum Gasteiger partial charge on any atom is 0.129 e. The van der Waals surface area contributed by atoms with E-state index >= 15 is 0 Å². The Bertz CT molecular complexity index is 453. The van der Waals surface area contributed by atoms with E-state index in [1.807, 2.05) is 5.38 Å². The fourth-order valence-corrected chi connectivity index (χ4v) is 2.49. The SMILES string of the molecule is NC(Cc1nccs1)c1c(F)cccc1Cl. The van der Waals surface area contributed by atoms with E-state index in [0.29, 0.717) is 17.0 Å². The van der Waals surface area contributed by atoms with Gasteiger partial charge >= 0.3 is 0 Å². The van der Waals surface area contributed by atoms with E-state index in [4.69, 9.17) is 17.3 Å². The van der Waals surface area contributed by atoms with Crippen LogP contribution in [-0.2, 0) is 6.42 Å². The third kappa shape index (κ3) is 2.40. The molecular formula is C11H10ClFN2S. The van der Waals surface area contributed by atoms with E-state index < -0.39 is 6.04 Å². The van der Waals surface area contributed by atoms with Crippen LogP contribution in [0.5, 0.6) is 0 Å². The lowest BCUT2D eigenvalue weighted by molar-refractivity contribution is 0.580. The lowest BCUT2D eigenvalue weighted by Crippen LogP contribution is -2.15. The van der Waals surface area contributed by atoms with Crippen LogP contribution in [-0.4, -0.2) is 4.98 Å². The zero-order valence-corrected chi connectivity index (χ0v) is 9.93. The Morgan fingerprint density at radius 1 is 1.50 bits per heavy atom. The van der Waals surface area contributed by atoms with Gasteiger partial charge in [-0.25, -0.2) is 9.37 Å². The summed E-state index contributed by atoms with van der Waals surface area (Å²) in [6.45, 7) is 0. The molecule has 0 amide bonds. The van der Waals surface area contributed by atoms with Crippen molar-refractivity contribution in [2.45, 2.75) is 12.5 Å². The van der Waals surface area contributed by atoms with Crippen LogP contribution in [0.4, 0.5) is 4.39 Å². The summed E-state index contributed by atoms with van der Waals surface area (Å²) in [7, 11) is 0. The molecule has 1 heterocycles. The van der Waals surface area contributed by atoms with Crippen molar-refractivity contribution >= 4 is 22.9 Å². The van der Waals surface area contributed by atoms with Gasteiger partial charge in [0.2, 0.25) is 0 Å². The third-order valence-electron chi connectivity index (χ3n) is 2.25. The minimum Gasteiger partial charge on any atom is -0.323 e. The molecule has 0 saturated carbocycles. The topological polar surface area (TPSA) is 38.9 Å². The van der Waals surface area contributed by atoms with Crippen LogP contribution in [0.1, 0.15) is 16.6 Å². The number of aromatic nitrogens is 1. The van der Waals surface area contributed by atoms with Gasteiger partial charge in [0, 0.05) is 34.6 Å². The maximum absolute atomic E-state index is 13.5. The van der Waals surface area contributed by atoms with Crippen LogP contribution in [0.3, 0.4) is 0 Å². The molecule has 2 N–H and O–H groups in total. The van der Waals surface area contributed by atoms with Crippen molar-refractivity contribution in [2.24, 2.45) is 5.73 Å². The highest BCUT2D eigenvalue weighted by atomic mass is 35.5. The summed E-state index contributed by atoms with van der Waals surface area (Å²) < 4.78 is 13.5. The Morgan fingerprint density at radius 2 is 2.31 bits per heavy atom. The summed E-state index contributed by atoms with van der Waals surface area (Å²) in [4.78, 5) is 4.11. The predicted octanol–water partition coefficient (Wildman–Crippen LogP) is 3.18. The number of hydrogen-bond donors (Lipinski definition) is 1. The highest BCUT2D eigenvalue weighted by Gasteiger charge is 2.16. The Hall–Kier alpha value is -0.970. The first-order chi connectivity index (χ1) is 7.68. The molecule has 0 fully saturated rings.